The number of likely N-dealkylation sites (tertiary alicyclic amines) is 1. The van der Waals surface area contributed by atoms with Gasteiger partial charge in [0.2, 0.25) is 0 Å². The molecule has 0 radical (unpaired) electrons. The zero-order chi connectivity index (χ0) is 13.0. The maximum Gasteiger partial charge on any atom is 0.0346 e. The van der Waals surface area contributed by atoms with E-state index in [2.05, 4.69) is 52.0 Å². The summed E-state index contributed by atoms with van der Waals surface area (Å²) in [5.41, 5.74) is 7.26. The van der Waals surface area contributed by atoms with E-state index in [0.717, 1.165) is 19.5 Å². The van der Waals surface area contributed by atoms with Crippen LogP contribution in [0, 0.1) is 5.92 Å². The summed E-state index contributed by atoms with van der Waals surface area (Å²) in [5.74, 6) is 0.681. The van der Waals surface area contributed by atoms with Crippen molar-refractivity contribution in [1.29, 1.82) is 0 Å². The molecule has 1 fully saturated rings. The van der Waals surface area contributed by atoms with Crippen LogP contribution in [-0.4, -0.2) is 24.5 Å². The van der Waals surface area contributed by atoms with Crippen LogP contribution < -0.4 is 5.73 Å². The molecule has 2 N–H and O–H groups in total. The van der Waals surface area contributed by atoms with Crippen LogP contribution in [0.4, 0.5) is 0 Å². The number of nitrogens with two attached hydrogens (primary N) is 1. The molecule has 0 saturated carbocycles. The molecule has 0 aliphatic carbocycles. The van der Waals surface area contributed by atoms with Crippen LogP contribution in [0.15, 0.2) is 28.7 Å². The fourth-order valence-corrected chi connectivity index (χ4v) is 3.41. The van der Waals surface area contributed by atoms with Crippen LogP contribution in [-0.2, 0) is 0 Å². The second kappa shape index (κ2) is 6.69. The Kier molecular flexibility index (Phi) is 5.22. The molecule has 0 spiro atoms. The van der Waals surface area contributed by atoms with Gasteiger partial charge in [-0.25, -0.2) is 0 Å². The van der Waals surface area contributed by atoms with Crippen molar-refractivity contribution < 1.29 is 0 Å². The standard InChI is InChI=1S/C15H23BrN2/c1-2-15(13-6-3-7-14(16)9-13)18-8-4-5-12(10-17)11-18/h3,6-7,9,12,15H,2,4-5,8,10-11,17H2,1H3. The van der Waals surface area contributed by atoms with Gasteiger partial charge in [-0.05, 0) is 56.0 Å². The Labute approximate surface area is 119 Å². The first-order chi connectivity index (χ1) is 8.74. The van der Waals surface area contributed by atoms with Crippen molar-refractivity contribution in [1.82, 2.24) is 4.90 Å². The largest absolute Gasteiger partial charge is 0.330 e. The van der Waals surface area contributed by atoms with Crippen molar-refractivity contribution >= 4 is 15.9 Å². The summed E-state index contributed by atoms with van der Waals surface area (Å²) in [6.07, 6.45) is 3.74. The molecule has 0 bridgehead atoms. The fraction of sp³-hybridized carbons (Fsp3) is 0.600. The van der Waals surface area contributed by atoms with Gasteiger partial charge >= 0.3 is 0 Å². The number of halogens is 1. The third-order valence-electron chi connectivity index (χ3n) is 3.94. The second-order valence-electron chi connectivity index (χ2n) is 5.22. The zero-order valence-corrected chi connectivity index (χ0v) is 12.7. The number of benzene rings is 1. The normalized spacial score (nSPS) is 22.9. The number of rotatable bonds is 4. The van der Waals surface area contributed by atoms with E-state index in [1.807, 2.05) is 0 Å². The van der Waals surface area contributed by atoms with Crippen molar-refractivity contribution in [3.63, 3.8) is 0 Å². The highest BCUT2D eigenvalue weighted by Crippen LogP contribution is 2.30. The third kappa shape index (κ3) is 3.34. The van der Waals surface area contributed by atoms with Crippen molar-refractivity contribution in [3.8, 4) is 0 Å². The van der Waals surface area contributed by atoms with Gasteiger partial charge in [-0.2, -0.15) is 0 Å². The average Bonchev–Trinajstić information content (AvgIpc) is 2.40. The average molecular weight is 311 g/mol. The van der Waals surface area contributed by atoms with E-state index in [0.29, 0.717) is 12.0 Å². The van der Waals surface area contributed by atoms with E-state index < -0.39 is 0 Å². The molecule has 2 unspecified atom stereocenters. The summed E-state index contributed by atoms with van der Waals surface area (Å²) >= 11 is 3.57. The quantitative estimate of drug-likeness (QED) is 0.921. The maximum absolute atomic E-state index is 5.84. The van der Waals surface area contributed by atoms with Crippen molar-refractivity contribution in [3.05, 3.63) is 34.3 Å². The van der Waals surface area contributed by atoms with Gasteiger partial charge in [0.15, 0.2) is 0 Å². The van der Waals surface area contributed by atoms with Gasteiger partial charge < -0.3 is 5.73 Å². The van der Waals surface area contributed by atoms with Crippen molar-refractivity contribution in [2.45, 2.75) is 32.2 Å². The molecule has 1 aliphatic heterocycles. The molecular weight excluding hydrogens is 288 g/mol. The molecule has 1 heterocycles. The van der Waals surface area contributed by atoms with E-state index in [-0.39, 0.29) is 0 Å². The molecule has 3 heteroatoms. The Morgan fingerprint density at radius 2 is 2.33 bits per heavy atom. The summed E-state index contributed by atoms with van der Waals surface area (Å²) < 4.78 is 1.17. The van der Waals surface area contributed by atoms with E-state index in [9.17, 15) is 0 Å². The van der Waals surface area contributed by atoms with Crippen LogP contribution >= 0.6 is 15.9 Å². The van der Waals surface area contributed by atoms with Crippen molar-refractivity contribution in [2.24, 2.45) is 11.7 Å². The Balaban J connectivity index is 2.12. The first-order valence-electron chi connectivity index (χ1n) is 6.94. The van der Waals surface area contributed by atoms with Crippen LogP contribution in [0.1, 0.15) is 37.8 Å². The summed E-state index contributed by atoms with van der Waals surface area (Å²) in [6, 6.07) is 9.25. The summed E-state index contributed by atoms with van der Waals surface area (Å²) in [7, 11) is 0. The minimum Gasteiger partial charge on any atom is -0.330 e. The van der Waals surface area contributed by atoms with Crippen LogP contribution in [0.3, 0.4) is 0 Å². The predicted molar refractivity (Wildman–Crippen MR) is 80.5 cm³/mol. The van der Waals surface area contributed by atoms with Crippen LogP contribution in [0.5, 0.6) is 0 Å². The highest BCUT2D eigenvalue weighted by molar-refractivity contribution is 9.10. The van der Waals surface area contributed by atoms with E-state index in [1.54, 1.807) is 0 Å². The van der Waals surface area contributed by atoms with Gasteiger partial charge in [-0.15, -0.1) is 0 Å². The third-order valence-corrected chi connectivity index (χ3v) is 4.44. The molecular formula is C15H23BrN2. The first-order valence-corrected chi connectivity index (χ1v) is 7.73. The molecule has 1 aliphatic rings. The lowest BCUT2D eigenvalue weighted by Crippen LogP contribution is -2.40. The lowest BCUT2D eigenvalue weighted by molar-refractivity contribution is 0.122. The molecule has 18 heavy (non-hydrogen) atoms. The van der Waals surface area contributed by atoms with Gasteiger partial charge in [0.05, 0.1) is 0 Å². The van der Waals surface area contributed by atoms with Crippen molar-refractivity contribution in [2.75, 3.05) is 19.6 Å². The lowest BCUT2D eigenvalue weighted by atomic mass is 9.94. The fourth-order valence-electron chi connectivity index (χ4n) is 2.99. The summed E-state index contributed by atoms with van der Waals surface area (Å²) in [4.78, 5) is 2.61. The molecule has 0 amide bonds. The molecule has 1 aromatic carbocycles. The van der Waals surface area contributed by atoms with E-state index in [4.69, 9.17) is 5.73 Å². The molecule has 1 saturated heterocycles. The molecule has 2 nitrogen and oxygen atoms in total. The SMILES string of the molecule is CCC(c1cccc(Br)c1)N1CCCC(CN)C1. The van der Waals surface area contributed by atoms with Gasteiger partial charge in [-0.1, -0.05) is 35.0 Å². The first kappa shape index (κ1) is 14.0. The number of hydrogen-bond donors (Lipinski definition) is 1. The molecule has 0 aromatic heterocycles. The number of hydrogen-bond acceptors (Lipinski definition) is 2. The summed E-state index contributed by atoms with van der Waals surface area (Å²) in [5, 5.41) is 0. The Morgan fingerprint density at radius 3 is 3.00 bits per heavy atom. The number of piperidine rings is 1. The van der Waals surface area contributed by atoms with Gasteiger partial charge in [0, 0.05) is 17.1 Å². The smallest absolute Gasteiger partial charge is 0.0346 e. The van der Waals surface area contributed by atoms with Gasteiger partial charge in [0.1, 0.15) is 0 Å². The Bertz CT molecular complexity index is 381. The Hall–Kier alpha value is -0.380. The molecule has 1 aromatic rings. The molecule has 2 atom stereocenters. The lowest BCUT2D eigenvalue weighted by Gasteiger charge is -2.38. The Morgan fingerprint density at radius 1 is 1.50 bits per heavy atom. The number of nitrogens with zero attached hydrogens (tertiary/aromatic N) is 1. The summed E-state index contributed by atoms with van der Waals surface area (Å²) in [6.45, 7) is 5.46. The second-order valence-corrected chi connectivity index (χ2v) is 6.13. The highest BCUT2D eigenvalue weighted by atomic mass is 79.9. The van der Waals surface area contributed by atoms with E-state index >= 15 is 0 Å². The minimum atomic E-state index is 0.539. The predicted octanol–water partition coefficient (Wildman–Crippen LogP) is 3.57. The minimum absolute atomic E-state index is 0.539. The zero-order valence-electron chi connectivity index (χ0n) is 11.1. The van der Waals surface area contributed by atoms with Gasteiger partial charge in [0.25, 0.3) is 0 Å². The van der Waals surface area contributed by atoms with Crippen LogP contribution in [0.25, 0.3) is 0 Å². The maximum atomic E-state index is 5.84. The molecule has 100 valence electrons. The molecule has 2 rings (SSSR count). The van der Waals surface area contributed by atoms with Crippen LogP contribution in [0.2, 0.25) is 0 Å². The van der Waals surface area contributed by atoms with E-state index in [1.165, 1.54) is 29.4 Å². The van der Waals surface area contributed by atoms with Gasteiger partial charge in [-0.3, -0.25) is 4.90 Å². The monoisotopic (exact) mass is 310 g/mol. The highest BCUT2D eigenvalue weighted by Gasteiger charge is 2.25. The topological polar surface area (TPSA) is 29.3 Å².